The molecular weight excluding hydrogens is 842 g/mol. The van der Waals surface area contributed by atoms with E-state index >= 15 is 0 Å². The van der Waals surface area contributed by atoms with E-state index in [0.717, 1.165) is 39.6 Å². The maximum atomic E-state index is 14.6. The number of phenols is 1. The SMILES string of the molecule is CC(F)C(=O)NCCCC[C@H](NC(=O)[C@H](Cc1ccc(O)cc1)NC(=O)[C@@H](CCc1ccc2ccccc2c1)NC(=O)[C@@H](Cc1ccc2ccccc2c1)NC(=O)C1CCNCC1)C(N)=O. The molecule has 9 N–H and O–H groups in total. The van der Waals surface area contributed by atoms with Gasteiger partial charge in [0.1, 0.15) is 29.9 Å². The van der Waals surface area contributed by atoms with Crippen LogP contribution in [0.1, 0.15) is 62.1 Å². The molecule has 1 aliphatic heterocycles. The quantitative estimate of drug-likeness (QED) is 0.0470. The first-order valence-electron chi connectivity index (χ1n) is 22.7. The van der Waals surface area contributed by atoms with Gasteiger partial charge in [0.05, 0.1) is 0 Å². The highest BCUT2D eigenvalue weighted by molar-refractivity contribution is 5.96. The van der Waals surface area contributed by atoms with Crippen LogP contribution < -0.4 is 37.6 Å². The zero-order valence-corrected chi connectivity index (χ0v) is 37.2. The van der Waals surface area contributed by atoms with Crippen molar-refractivity contribution in [2.24, 2.45) is 11.7 Å². The number of nitrogens with two attached hydrogens (primary N) is 1. The van der Waals surface area contributed by atoms with Crippen LogP contribution in [0.4, 0.5) is 4.39 Å². The molecule has 14 nitrogen and oxygen atoms in total. The van der Waals surface area contributed by atoms with Gasteiger partial charge in [-0.15, -0.1) is 0 Å². The number of unbranched alkanes of at least 4 members (excludes halogenated alkanes) is 1. The molecule has 0 bridgehead atoms. The number of hydrogen-bond acceptors (Lipinski definition) is 8. The monoisotopic (exact) mass is 901 g/mol. The van der Waals surface area contributed by atoms with Crippen molar-refractivity contribution in [1.29, 1.82) is 0 Å². The number of piperidine rings is 1. The van der Waals surface area contributed by atoms with Gasteiger partial charge < -0.3 is 42.7 Å². The highest BCUT2D eigenvalue weighted by atomic mass is 19.1. The number of benzene rings is 5. The Morgan fingerprint density at radius 2 is 1.14 bits per heavy atom. The fraction of sp³-hybridized carbons (Fsp3) is 0.373. The number of alkyl halides is 1. The number of rotatable bonds is 22. The summed E-state index contributed by atoms with van der Waals surface area (Å²) >= 11 is 0. The van der Waals surface area contributed by atoms with E-state index in [1.54, 1.807) is 12.1 Å². The second-order valence-corrected chi connectivity index (χ2v) is 17.1. The average Bonchev–Trinajstić information content (AvgIpc) is 3.32. The van der Waals surface area contributed by atoms with Gasteiger partial charge in [0, 0.05) is 25.3 Å². The molecule has 5 atom stereocenters. The molecule has 1 aliphatic rings. The summed E-state index contributed by atoms with van der Waals surface area (Å²) in [6.45, 7) is 2.64. The second-order valence-electron chi connectivity index (χ2n) is 17.1. The van der Waals surface area contributed by atoms with Crippen LogP contribution in [0.15, 0.2) is 109 Å². The third kappa shape index (κ3) is 14.3. The van der Waals surface area contributed by atoms with Crippen LogP contribution in [0.5, 0.6) is 5.75 Å². The third-order valence-electron chi connectivity index (χ3n) is 12.0. The van der Waals surface area contributed by atoms with E-state index in [-0.39, 0.29) is 49.8 Å². The van der Waals surface area contributed by atoms with Gasteiger partial charge in [-0.25, -0.2) is 4.39 Å². The molecular formula is C51H60FN7O7. The maximum Gasteiger partial charge on any atom is 0.254 e. The number of carbonyl (C=O) groups excluding carboxylic acids is 6. The summed E-state index contributed by atoms with van der Waals surface area (Å²) in [5.74, 6) is -4.08. The van der Waals surface area contributed by atoms with Crippen molar-refractivity contribution in [2.45, 2.75) is 95.1 Å². The van der Waals surface area contributed by atoms with E-state index in [2.05, 4.69) is 31.9 Å². The van der Waals surface area contributed by atoms with Crippen LogP contribution >= 0.6 is 0 Å². The second kappa shape index (κ2) is 23.9. The lowest BCUT2D eigenvalue weighted by Gasteiger charge is -2.28. The molecule has 0 aromatic heterocycles. The Morgan fingerprint density at radius 1 is 0.621 bits per heavy atom. The molecule has 348 valence electrons. The first-order valence-corrected chi connectivity index (χ1v) is 22.7. The van der Waals surface area contributed by atoms with Crippen LogP contribution in [-0.2, 0) is 48.0 Å². The minimum absolute atomic E-state index is 0.00306. The van der Waals surface area contributed by atoms with Gasteiger partial charge in [0.15, 0.2) is 6.17 Å². The van der Waals surface area contributed by atoms with Crippen LogP contribution in [0.25, 0.3) is 21.5 Å². The molecule has 1 heterocycles. The largest absolute Gasteiger partial charge is 0.508 e. The van der Waals surface area contributed by atoms with E-state index < -0.39 is 59.9 Å². The topological polar surface area (TPSA) is 221 Å². The molecule has 1 unspecified atom stereocenters. The summed E-state index contributed by atoms with van der Waals surface area (Å²) < 4.78 is 13.3. The summed E-state index contributed by atoms with van der Waals surface area (Å²) in [5, 5.41) is 31.2. The smallest absolute Gasteiger partial charge is 0.254 e. The Kier molecular flexibility index (Phi) is 17.6. The van der Waals surface area contributed by atoms with E-state index in [4.69, 9.17) is 5.73 Å². The number of halogens is 1. The fourth-order valence-corrected chi connectivity index (χ4v) is 8.16. The Labute approximate surface area is 384 Å². The molecule has 6 amide bonds. The van der Waals surface area contributed by atoms with E-state index in [0.29, 0.717) is 50.8 Å². The van der Waals surface area contributed by atoms with Crippen molar-refractivity contribution in [3.05, 3.63) is 126 Å². The number of primary amides is 1. The molecule has 0 saturated carbocycles. The molecule has 0 aliphatic carbocycles. The highest BCUT2D eigenvalue weighted by Gasteiger charge is 2.33. The number of hydrogen-bond donors (Lipinski definition) is 8. The average molecular weight is 902 g/mol. The van der Waals surface area contributed by atoms with Crippen molar-refractivity contribution in [3.8, 4) is 5.75 Å². The third-order valence-corrected chi connectivity index (χ3v) is 12.0. The molecule has 5 aromatic carbocycles. The summed E-state index contributed by atoms with van der Waals surface area (Å²) in [4.78, 5) is 81.3. The fourth-order valence-electron chi connectivity index (χ4n) is 8.16. The number of aryl methyl sites for hydroxylation is 1. The Balaban J connectivity index is 1.25. The van der Waals surface area contributed by atoms with E-state index in [1.165, 1.54) is 12.1 Å². The molecule has 6 rings (SSSR count). The highest BCUT2D eigenvalue weighted by Crippen LogP contribution is 2.20. The molecule has 5 aromatic rings. The maximum absolute atomic E-state index is 14.6. The summed E-state index contributed by atoms with van der Waals surface area (Å²) in [5.41, 5.74) is 8.01. The number of aromatic hydroxyl groups is 1. The van der Waals surface area contributed by atoms with Crippen molar-refractivity contribution in [3.63, 3.8) is 0 Å². The summed E-state index contributed by atoms with van der Waals surface area (Å²) in [7, 11) is 0. The van der Waals surface area contributed by atoms with Gasteiger partial charge >= 0.3 is 0 Å². The number of carbonyl (C=O) groups is 6. The van der Waals surface area contributed by atoms with Crippen molar-refractivity contribution in [2.75, 3.05) is 19.6 Å². The minimum Gasteiger partial charge on any atom is -0.508 e. The predicted octanol–water partition coefficient (Wildman–Crippen LogP) is 4.19. The summed E-state index contributed by atoms with van der Waals surface area (Å²) in [6, 6.07) is 29.0. The number of nitrogens with one attached hydrogen (secondary N) is 6. The molecule has 1 fully saturated rings. The van der Waals surface area contributed by atoms with Gasteiger partial charge in [-0.1, -0.05) is 97.1 Å². The van der Waals surface area contributed by atoms with Crippen LogP contribution in [0.3, 0.4) is 0 Å². The number of amides is 6. The first kappa shape index (κ1) is 48.6. The first-order chi connectivity index (χ1) is 31.8. The standard InChI is InChI=1S/C51H60FN7O7/c1-32(52)47(62)55-25-7-6-12-42(46(53)61)56-50(65)44(30-34-15-20-41(60)21-16-34)59-49(64)43(22-17-33-13-18-36-8-2-4-10-39(36)28-33)57-51(66)45(58-48(63)38-23-26-54-27-24-38)31-35-14-19-37-9-3-5-11-40(37)29-35/h2-5,8-11,13-16,18-21,28-29,32,38,42-45,54,60H,6-7,12,17,22-27,30-31H2,1H3,(H2,53,61)(H,55,62)(H,56,65)(H,57,66)(H,58,63)(H,59,64)/t32?,42-,43+,44-,45+/m0/s1. The molecule has 1 saturated heterocycles. The van der Waals surface area contributed by atoms with Crippen molar-refractivity contribution >= 4 is 57.0 Å². The van der Waals surface area contributed by atoms with Gasteiger partial charge in [-0.2, -0.15) is 0 Å². The van der Waals surface area contributed by atoms with Crippen LogP contribution in [0, 0.1) is 5.92 Å². The van der Waals surface area contributed by atoms with Crippen molar-refractivity contribution in [1.82, 2.24) is 31.9 Å². The van der Waals surface area contributed by atoms with Crippen LogP contribution in [0.2, 0.25) is 0 Å². The van der Waals surface area contributed by atoms with E-state index in [9.17, 15) is 38.3 Å². The lowest BCUT2D eigenvalue weighted by Crippen LogP contribution is -2.59. The lowest BCUT2D eigenvalue weighted by molar-refractivity contribution is -0.135. The van der Waals surface area contributed by atoms with Gasteiger partial charge in [0.2, 0.25) is 29.5 Å². The molecule has 0 spiro atoms. The lowest BCUT2D eigenvalue weighted by atomic mass is 9.95. The molecule has 15 heteroatoms. The molecule has 66 heavy (non-hydrogen) atoms. The Bertz CT molecular complexity index is 2480. The van der Waals surface area contributed by atoms with E-state index in [1.807, 2.05) is 84.9 Å². The van der Waals surface area contributed by atoms with Gasteiger partial charge in [-0.3, -0.25) is 28.8 Å². The Hall–Kier alpha value is -6.87. The van der Waals surface area contributed by atoms with Gasteiger partial charge in [-0.05, 0) is 115 Å². The Morgan fingerprint density at radius 3 is 1.76 bits per heavy atom. The molecule has 0 radical (unpaired) electrons. The predicted molar refractivity (Wildman–Crippen MR) is 252 cm³/mol. The zero-order chi connectivity index (χ0) is 47.0. The van der Waals surface area contributed by atoms with Crippen LogP contribution in [-0.4, -0.2) is 90.5 Å². The number of fused-ring (bicyclic) bond motifs is 2. The van der Waals surface area contributed by atoms with Gasteiger partial charge in [0.25, 0.3) is 5.91 Å². The normalized spacial score (nSPS) is 15.1. The minimum atomic E-state index is -1.67. The number of phenolic OH excluding ortho intramolecular Hbond substituents is 1. The van der Waals surface area contributed by atoms with Crippen molar-refractivity contribution < 1.29 is 38.3 Å². The summed E-state index contributed by atoms with van der Waals surface area (Å²) in [6.07, 6.45) is 0.974. The zero-order valence-electron chi connectivity index (χ0n) is 37.2.